The Hall–Kier alpha value is -0.680. The molecule has 0 unspecified atom stereocenters. The molecule has 1 atom stereocenters. The molecule has 0 aliphatic rings. The number of rotatable bonds is 7. The third kappa shape index (κ3) is 7.94. The van der Waals surface area contributed by atoms with Gasteiger partial charge in [0.2, 0.25) is 0 Å². The van der Waals surface area contributed by atoms with E-state index in [9.17, 15) is 9.18 Å². The van der Waals surface area contributed by atoms with Gasteiger partial charge in [-0.3, -0.25) is 4.79 Å². The zero-order chi connectivity index (χ0) is 11.2. The van der Waals surface area contributed by atoms with Gasteiger partial charge in [-0.05, 0) is 0 Å². The van der Waals surface area contributed by atoms with Gasteiger partial charge in [-0.15, -0.1) is 0 Å². The second-order valence-electron chi connectivity index (χ2n) is 4.25. The van der Waals surface area contributed by atoms with E-state index in [0.717, 1.165) is 0 Å². The molecule has 0 bridgehead atoms. The molecule has 0 aromatic heterocycles. The predicted molar refractivity (Wildman–Crippen MR) is 50.9 cm³/mol. The van der Waals surface area contributed by atoms with Crippen molar-refractivity contribution in [2.75, 3.05) is 41.0 Å². The first kappa shape index (κ1) is 13.3. The molecule has 1 N–H and O–H groups in total. The van der Waals surface area contributed by atoms with Crippen molar-refractivity contribution in [3.05, 3.63) is 0 Å². The normalized spacial score (nSPS) is 14.0. The highest BCUT2D eigenvalue weighted by Gasteiger charge is 2.21. The zero-order valence-electron chi connectivity index (χ0n) is 8.99. The van der Waals surface area contributed by atoms with Crippen molar-refractivity contribution in [3.8, 4) is 0 Å². The molecule has 14 heavy (non-hydrogen) atoms. The minimum atomic E-state index is -0.915. The van der Waals surface area contributed by atoms with Crippen LogP contribution < -0.4 is 0 Å². The predicted octanol–water partition coefficient (Wildman–Crippen LogP) is 0.522. The van der Waals surface area contributed by atoms with Crippen LogP contribution in [0.4, 0.5) is 4.39 Å². The molecular formula is C9H19FNO3+. The van der Waals surface area contributed by atoms with Gasteiger partial charge in [-0.1, -0.05) is 0 Å². The van der Waals surface area contributed by atoms with Crippen LogP contribution in [0.2, 0.25) is 0 Å². The van der Waals surface area contributed by atoms with Crippen molar-refractivity contribution in [1.29, 1.82) is 0 Å². The van der Waals surface area contributed by atoms with Crippen LogP contribution in [-0.2, 0) is 9.53 Å². The lowest BCUT2D eigenvalue weighted by molar-refractivity contribution is -0.873. The first-order chi connectivity index (χ1) is 6.35. The highest BCUT2D eigenvalue weighted by molar-refractivity contribution is 5.67. The average Bonchev–Trinajstić information content (AvgIpc) is 1.96. The van der Waals surface area contributed by atoms with E-state index >= 15 is 0 Å². The molecule has 0 fully saturated rings. The van der Waals surface area contributed by atoms with Gasteiger partial charge < -0.3 is 14.3 Å². The minimum Gasteiger partial charge on any atom is -0.481 e. The van der Waals surface area contributed by atoms with E-state index in [1.807, 2.05) is 21.1 Å². The summed E-state index contributed by atoms with van der Waals surface area (Å²) in [5.41, 5.74) is 0. The fourth-order valence-corrected chi connectivity index (χ4v) is 1.19. The fourth-order valence-electron chi connectivity index (χ4n) is 1.19. The Morgan fingerprint density at radius 1 is 1.50 bits per heavy atom. The number of quaternary nitrogens is 1. The van der Waals surface area contributed by atoms with Crippen LogP contribution in [0.15, 0.2) is 0 Å². The van der Waals surface area contributed by atoms with Crippen LogP contribution in [0.3, 0.4) is 0 Å². The van der Waals surface area contributed by atoms with E-state index in [1.54, 1.807) is 0 Å². The number of ether oxygens (including phenoxy) is 1. The third-order valence-corrected chi connectivity index (χ3v) is 1.58. The average molecular weight is 208 g/mol. The Balaban J connectivity index is 4.03. The zero-order valence-corrected chi connectivity index (χ0v) is 8.99. The standard InChI is InChI=1S/C9H18FNO3/c1-11(2,3)7-8(6-9(12)13)14-5-4-10/h8H,4-7H2,1-3H3/p+1/t8-/m1/s1. The van der Waals surface area contributed by atoms with Gasteiger partial charge >= 0.3 is 5.97 Å². The van der Waals surface area contributed by atoms with Gasteiger partial charge in [0.1, 0.15) is 19.3 Å². The Labute approximate surface area is 83.9 Å². The van der Waals surface area contributed by atoms with Crippen LogP contribution in [0.1, 0.15) is 6.42 Å². The van der Waals surface area contributed by atoms with Crippen LogP contribution in [0, 0.1) is 0 Å². The number of hydrogen-bond donors (Lipinski definition) is 1. The summed E-state index contributed by atoms with van der Waals surface area (Å²) in [6.45, 7) is -0.0441. The first-order valence-corrected chi connectivity index (χ1v) is 4.55. The molecule has 0 saturated heterocycles. The van der Waals surface area contributed by atoms with E-state index in [4.69, 9.17) is 9.84 Å². The summed E-state index contributed by atoms with van der Waals surface area (Å²) in [7, 11) is 5.81. The topological polar surface area (TPSA) is 46.5 Å². The molecule has 0 aliphatic heterocycles. The van der Waals surface area contributed by atoms with E-state index in [-0.39, 0.29) is 13.0 Å². The molecule has 0 saturated carbocycles. The summed E-state index contributed by atoms with van der Waals surface area (Å²) in [4.78, 5) is 10.5. The van der Waals surface area contributed by atoms with Crippen molar-refractivity contribution in [1.82, 2.24) is 0 Å². The molecule has 4 nitrogen and oxygen atoms in total. The fraction of sp³-hybridized carbons (Fsp3) is 0.889. The number of carboxylic acids is 1. The summed E-state index contributed by atoms with van der Waals surface area (Å²) in [5.74, 6) is -0.915. The molecule has 0 radical (unpaired) electrons. The number of alkyl halides is 1. The van der Waals surface area contributed by atoms with E-state index in [1.165, 1.54) is 0 Å². The third-order valence-electron chi connectivity index (χ3n) is 1.58. The van der Waals surface area contributed by atoms with E-state index in [2.05, 4.69) is 0 Å². The Bertz CT molecular complexity index is 179. The number of halogens is 1. The lowest BCUT2D eigenvalue weighted by Gasteiger charge is -2.28. The maximum Gasteiger partial charge on any atom is 0.306 e. The van der Waals surface area contributed by atoms with Gasteiger partial charge in [-0.2, -0.15) is 0 Å². The molecule has 0 spiro atoms. The molecular weight excluding hydrogens is 189 g/mol. The molecule has 0 amide bonds. The Morgan fingerprint density at radius 2 is 2.07 bits per heavy atom. The highest BCUT2D eigenvalue weighted by atomic mass is 19.1. The maximum atomic E-state index is 11.8. The van der Waals surface area contributed by atoms with Crippen molar-refractivity contribution in [2.24, 2.45) is 0 Å². The number of aliphatic carboxylic acids is 1. The monoisotopic (exact) mass is 208 g/mol. The van der Waals surface area contributed by atoms with Crippen LogP contribution in [0.5, 0.6) is 0 Å². The van der Waals surface area contributed by atoms with Crippen LogP contribution in [0.25, 0.3) is 0 Å². The Kier molecular flexibility index (Phi) is 5.64. The largest absolute Gasteiger partial charge is 0.481 e. The molecule has 0 heterocycles. The molecule has 0 aliphatic carbocycles. The summed E-state index contributed by atoms with van der Waals surface area (Å²) in [6, 6.07) is 0. The van der Waals surface area contributed by atoms with Crippen molar-refractivity contribution >= 4 is 5.97 Å². The SMILES string of the molecule is C[N+](C)(C)C[C@@H](CC(=O)O)OCCF. The molecule has 0 aromatic carbocycles. The first-order valence-electron chi connectivity index (χ1n) is 4.55. The van der Waals surface area contributed by atoms with Gasteiger partial charge in [0.05, 0.1) is 34.2 Å². The second kappa shape index (κ2) is 5.93. The summed E-state index contributed by atoms with van der Waals surface area (Å²) >= 11 is 0. The number of carbonyl (C=O) groups is 1. The number of likely N-dealkylation sites (N-methyl/N-ethyl adjacent to an activating group) is 1. The van der Waals surface area contributed by atoms with Crippen molar-refractivity contribution in [2.45, 2.75) is 12.5 Å². The molecule has 0 aromatic rings. The number of carboxylic acid groups (broad SMARTS) is 1. The minimum absolute atomic E-state index is 0.0298. The van der Waals surface area contributed by atoms with Gasteiger partial charge in [-0.25, -0.2) is 4.39 Å². The van der Waals surface area contributed by atoms with Gasteiger partial charge in [0, 0.05) is 0 Å². The van der Waals surface area contributed by atoms with Crippen molar-refractivity contribution < 1.29 is 23.5 Å². The van der Waals surface area contributed by atoms with Crippen LogP contribution >= 0.6 is 0 Å². The van der Waals surface area contributed by atoms with Gasteiger partial charge in [0.25, 0.3) is 0 Å². The van der Waals surface area contributed by atoms with Gasteiger partial charge in [0.15, 0.2) is 0 Å². The second-order valence-corrected chi connectivity index (χ2v) is 4.25. The molecule has 5 heteroatoms. The molecule has 0 rings (SSSR count). The summed E-state index contributed by atoms with van der Waals surface area (Å²) in [5, 5.41) is 8.60. The quantitative estimate of drug-likeness (QED) is 0.620. The van der Waals surface area contributed by atoms with Crippen LogP contribution in [-0.4, -0.2) is 62.6 Å². The van der Waals surface area contributed by atoms with E-state index in [0.29, 0.717) is 11.0 Å². The summed E-state index contributed by atoms with van der Waals surface area (Å²) in [6.07, 6.45) is -0.488. The number of nitrogens with zero attached hydrogens (tertiary/aromatic N) is 1. The van der Waals surface area contributed by atoms with E-state index < -0.39 is 18.7 Å². The lowest BCUT2D eigenvalue weighted by Crippen LogP contribution is -2.43. The lowest BCUT2D eigenvalue weighted by atomic mass is 10.2. The smallest absolute Gasteiger partial charge is 0.306 e. The van der Waals surface area contributed by atoms with Crippen molar-refractivity contribution in [3.63, 3.8) is 0 Å². The molecule has 84 valence electrons. The Morgan fingerprint density at radius 3 is 2.43 bits per heavy atom. The highest BCUT2D eigenvalue weighted by Crippen LogP contribution is 2.04. The maximum absolute atomic E-state index is 11.8. The summed E-state index contributed by atoms with van der Waals surface area (Å²) < 4.78 is 17.6. The number of hydrogen-bond acceptors (Lipinski definition) is 2.